The number of benzene rings is 1. The van der Waals surface area contributed by atoms with Gasteiger partial charge in [-0.1, -0.05) is 23.9 Å². The number of rotatable bonds is 8. The van der Waals surface area contributed by atoms with E-state index in [-0.39, 0.29) is 22.2 Å². The zero-order valence-electron chi connectivity index (χ0n) is 15.3. The van der Waals surface area contributed by atoms with Crippen molar-refractivity contribution in [1.29, 1.82) is 0 Å². The fourth-order valence-electron chi connectivity index (χ4n) is 2.33. The summed E-state index contributed by atoms with van der Waals surface area (Å²) in [6.07, 6.45) is 0.677. The highest BCUT2D eigenvalue weighted by atomic mass is 32.2. The molecule has 0 bridgehead atoms. The van der Waals surface area contributed by atoms with E-state index in [1.807, 2.05) is 24.3 Å². The standard InChI is InChI=1S/C18H21N3O5S/c1-11-15(17(23)26-3)16(21-18(24)20-11)27-10-14(22)19-9-8-12-4-6-13(25-2)7-5-12/h4-7H,8-10H2,1-3H3,(H,19,22)(H,20,21,24). The first-order chi connectivity index (χ1) is 12.9. The number of nitrogens with zero attached hydrogens (tertiary/aromatic N) is 1. The van der Waals surface area contributed by atoms with Gasteiger partial charge >= 0.3 is 11.7 Å². The first kappa shape index (κ1) is 20.5. The van der Waals surface area contributed by atoms with Crippen LogP contribution in [0.5, 0.6) is 5.75 Å². The molecule has 2 aromatic rings. The molecule has 0 unspecified atom stereocenters. The topological polar surface area (TPSA) is 110 Å². The molecule has 0 fully saturated rings. The van der Waals surface area contributed by atoms with Gasteiger partial charge in [-0.2, -0.15) is 4.98 Å². The Morgan fingerprint density at radius 3 is 2.56 bits per heavy atom. The number of esters is 1. The molecule has 2 N–H and O–H groups in total. The van der Waals surface area contributed by atoms with Crippen LogP contribution in [0.15, 0.2) is 34.1 Å². The predicted octanol–water partition coefficient (Wildman–Crippen LogP) is 1.32. The number of carbonyl (C=O) groups is 2. The van der Waals surface area contributed by atoms with Crippen LogP contribution in [0.1, 0.15) is 21.6 Å². The van der Waals surface area contributed by atoms with Gasteiger partial charge in [-0.25, -0.2) is 9.59 Å². The monoisotopic (exact) mass is 391 g/mol. The molecule has 1 aromatic heterocycles. The van der Waals surface area contributed by atoms with Crippen LogP contribution in [0.25, 0.3) is 0 Å². The van der Waals surface area contributed by atoms with Crippen LogP contribution >= 0.6 is 11.8 Å². The molecule has 1 aromatic carbocycles. The van der Waals surface area contributed by atoms with Crippen molar-refractivity contribution in [2.45, 2.75) is 18.4 Å². The third-order valence-corrected chi connectivity index (χ3v) is 4.69. The summed E-state index contributed by atoms with van der Waals surface area (Å²) in [5, 5.41) is 2.98. The van der Waals surface area contributed by atoms with Crippen LogP contribution in [-0.4, -0.2) is 48.4 Å². The lowest BCUT2D eigenvalue weighted by molar-refractivity contribution is -0.118. The molecule has 27 heavy (non-hydrogen) atoms. The van der Waals surface area contributed by atoms with Gasteiger partial charge in [0.2, 0.25) is 5.91 Å². The number of nitrogens with one attached hydrogen (secondary N) is 2. The van der Waals surface area contributed by atoms with E-state index in [1.54, 1.807) is 14.0 Å². The van der Waals surface area contributed by atoms with Crippen molar-refractivity contribution in [2.24, 2.45) is 0 Å². The predicted molar refractivity (Wildman–Crippen MR) is 101 cm³/mol. The molecule has 0 aliphatic heterocycles. The zero-order chi connectivity index (χ0) is 19.8. The van der Waals surface area contributed by atoms with E-state index in [2.05, 4.69) is 15.3 Å². The summed E-state index contributed by atoms with van der Waals surface area (Å²) >= 11 is 1.02. The van der Waals surface area contributed by atoms with Gasteiger partial charge < -0.3 is 19.8 Å². The molecule has 8 nitrogen and oxygen atoms in total. The van der Waals surface area contributed by atoms with Gasteiger partial charge in [-0.15, -0.1) is 0 Å². The summed E-state index contributed by atoms with van der Waals surface area (Å²) in [6.45, 7) is 2.05. The summed E-state index contributed by atoms with van der Waals surface area (Å²) in [4.78, 5) is 41.7. The van der Waals surface area contributed by atoms with Gasteiger partial charge in [0.15, 0.2) is 0 Å². The molecule has 0 aliphatic carbocycles. The summed E-state index contributed by atoms with van der Waals surface area (Å²) in [5.74, 6) is -0.0216. The number of thioether (sulfide) groups is 1. The first-order valence-corrected chi connectivity index (χ1v) is 9.14. The smallest absolute Gasteiger partial charge is 0.346 e. The lowest BCUT2D eigenvalue weighted by Gasteiger charge is -2.09. The van der Waals surface area contributed by atoms with E-state index < -0.39 is 11.7 Å². The number of H-pyrrole nitrogens is 1. The highest BCUT2D eigenvalue weighted by Crippen LogP contribution is 2.21. The summed E-state index contributed by atoms with van der Waals surface area (Å²) in [5.41, 5.74) is 1.00. The minimum absolute atomic E-state index is 0.0303. The molecule has 1 heterocycles. The first-order valence-electron chi connectivity index (χ1n) is 8.16. The number of hydrogen-bond acceptors (Lipinski definition) is 7. The van der Waals surface area contributed by atoms with E-state index >= 15 is 0 Å². The van der Waals surface area contributed by atoms with Crippen molar-refractivity contribution in [3.8, 4) is 5.75 Å². The van der Waals surface area contributed by atoms with Gasteiger partial charge in [0.25, 0.3) is 0 Å². The largest absolute Gasteiger partial charge is 0.497 e. The Balaban J connectivity index is 1.89. The number of amides is 1. The van der Waals surface area contributed by atoms with Gasteiger partial charge in [-0.05, 0) is 31.0 Å². The van der Waals surface area contributed by atoms with Crippen molar-refractivity contribution in [2.75, 3.05) is 26.5 Å². The molecule has 9 heteroatoms. The zero-order valence-corrected chi connectivity index (χ0v) is 16.1. The second-order valence-corrected chi connectivity index (χ2v) is 6.54. The third-order valence-electron chi connectivity index (χ3n) is 3.71. The molecular weight excluding hydrogens is 370 g/mol. The molecule has 1 amide bonds. The number of carbonyl (C=O) groups excluding carboxylic acids is 2. The molecule has 0 radical (unpaired) electrons. The Bertz CT molecular complexity index is 864. The maximum Gasteiger partial charge on any atom is 0.346 e. The summed E-state index contributed by atoms with van der Waals surface area (Å²) in [6, 6.07) is 7.60. The number of ether oxygens (including phenoxy) is 2. The molecule has 0 aliphatic rings. The summed E-state index contributed by atoms with van der Waals surface area (Å²) < 4.78 is 9.81. The number of methoxy groups -OCH3 is 2. The van der Waals surface area contributed by atoms with Gasteiger partial charge in [0.05, 0.1) is 20.0 Å². The lowest BCUT2D eigenvalue weighted by Crippen LogP contribution is -2.27. The Morgan fingerprint density at radius 2 is 1.93 bits per heavy atom. The molecule has 0 saturated carbocycles. The van der Waals surface area contributed by atoms with Crippen LogP contribution in [0.3, 0.4) is 0 Å². The van der Waals surface area contributed by atoms with E-state index in [9.17, 15) is 14.4 Å². The average Bonchev–Trinajstić information content (AvgIpc) is 2.66. The van der Waals surface area contributed by atoms with Crippen molar-refractivity contribution < 1.29 is 19.1 Å². The Morgan fingerprint density at radius 1 is 1.22 bits per heavy atom. The van der Waals surface area contributed by atoms with Gasteiger partial charge in [-0.3, -0.25) is 4.79 Å². The fourth-order valence-corrected chi connectivity index (χ4v) is 3.23. The van der Waals surface area contributed by atoms with Crippen molar-refractivity contribution in [3.05, 3.63) is 51.6 Å². The number of aromatic amines is 1. The second kappa shape index (κ2) is 9.77. The third kappa shape index (κ3) is 5.85. The van der Waals surface area contributed by atoms with E-state index in [1.165, 1.54) is 7.11 Å². The SMILES string of the molecule is COC(=O)c1c(SCC(=O)NCCc2ccc(OC)cc2)nc(=O)[nH]c1C. The van der Waals surface area contributed by atoms with Crippen molar-refractivity contribution in [3.63, 3.8) is 0 Å². The number of aromatic nitrogens is 2. The van der Waals surface area contributed by atoms with Gasteiger partial charge in [0.1, 0.15) is 16.3 Å². The van der Waals surface area contributed by atoms with E-state index in [0.717, 1.165) is 23.1 Å². The lowest BCUT2D eigenvalue weighted by atomic mass is 10.1. The van der Waals surface area contributed by atoms with Gasteiger partial charge in [0, 0.05) is 12.2 Å². The maximum atomic E-state index is 12.0. The highest BCUT2D eigenvalue weighted by Gasteiger charge is 2.19. The number of aryl methyl sites for hydroxylation is 1. The average molecular weight is 391 g/mol. The quantitative estimate of drug-likeness (QED) is 0.397. The normalized spacial score (nSPS) is 10.3. The minimum Gasteiger partial charge on any atom is -0.497 e. The van der Waals surface area contributed by atoms with Crippen LogP contribution in [0.2, 0.25) is 0 Å². The molecule has 0 saturated heterocycles. The highest BCUT2D eigenvalue weighted by molar-refractivity contribution is 8.00. The number of hydrogen-bond donors (Lipinski definition) is 2. The molecule has 144 valence electrons. The van der Waals surface area contributed by atoms with Crippen LogP contribution in [0, 0.1) is 6.92 Å². The van der Waals surface area contributed by atoms with Crippen LogP contribution in [-0.2, 0) is 16.0 Å². The molecule has 2 rings (SSSR count). The molecular formula is C18H21N3O5S. The molecule has 0 atom stereocenters. The van der Waals surface area contributed by atoms with E-state index in [4.69, 9.17) is 9.47 Å². The molecule has 0 spiro atoms. The van der Waals surface area contributed by atoms with E-state index in [0.29, 0.717) is 18.7 Å². The Kier molecular flexibility index (Phi) is 7.42. The fraction of sp³-hybridized carbons (Fsp3) is 0.333. The van der Waals surface area contributed by atoms with Crippen LogP contribution < -0.4 is 15.7 Å². The van der Waals surface area contributed by atoms with Crippen molar-refractivity contribution >= 4 is 23.6 Å². The Hall–Kier alpha value is -2.81. The maximum absolute atomic E-state index is 12.0. The van der Waals surface area contributed by atoms with Crippen molar-refractivity contribution in [1.82, 2.24) is 15.3 Å². The Labute approximate surface area is 160 Å². The minimum atomic E-state index is -0.612. The van der Waals surface area contributed by atoms with Crippen LogP contribution in [0.4, 0.5) is 0 Å². The second-order valence-electron chi connectivity index (χ2n) is 5.58. The summed E-state index contributed by atoms with van der Waals surface area (Å²) in [7, 11) is 2.85.